The first-order valence-electron chi connectivity index (χ1n) is 7.93. The zero-order chi connectivity index (χ0) is 15.1. The molecule has 0 radical (unpaired) electrons. The second-order valence-electron chi connectivity index (χ2n) is 6.03. The van der Waals surface area contributed by atoms with Crippen molar-refractivity contribution in [3.8, 4) is 0 Å². The summed E-state index contributed by atoms with van der Waals surface area (Å²) in [5.41, 5.74) is 1.54. The van der Waals surface area contributed by atoms with Crippen LogP contribution in [-0.4, -0.2) is 45.0 Å². The molecule has 1 aliphatic heterocycles. The number of rotatable bonds is 7. The van der Waals surface area contributed by atoms with Gasteiger partial charge in [-0.15, -0.1) is 0 Å². The third kappa shape index (κ3) is 6.18. The van der Waals surface area contributed by atoms with E-state index in [9.17, 15) is 13.2 Å². The van der Waals surface area contributed by atoms with Gasteiger partial charge in [-0.05, 0) is 45.1 Å². The molecular formula is C15H26N2O3S. The predicted molar refractivity (Wildman–Crippen MR) is 83.9 cm³/mol. The third-order valence-corrected chi connectivity index (χ3v) is 5.90. The van der Waals surface area contributed by atoms with E-state index in [1.807, 2.05) is 0 Å². The maximum absolute atomic E-state index is 11.7. The highest BCUT2D eigenvalue weighted by molar-refractivity contribution is 7.91. The van der Waals surface area contributed by atoms with E-state index in [4.69, 9.17) is 0 Å². The normalized spacial score (nSPS) is 24.6. The van der Waals surface area contributed by atoms with Crippen molar-refractivity contribution in [3.05, 3.63) is 11.6 Å². The van der Waals surface area contributed by atoms with Crippen LogP contribution in [0.2, 0.25) is 0 Å². The maximum Gasteiger partial charge on any atom is 0.221 e. The van der Waals surface area contributed by atoms with Crippen LogP contribution in [0, 0.1) is 0 Å². The van der Waals surface area contributed by atoms with Crippen LogP contribution in [0.1, 0.15) is 44.9 Å². The Morgan fingerprint density at radius 2 is 2.14 bits per heavy atom. The monoisotopic (exact) mass is 314 g/mol. The molecule has 0 aromatic carbocycles. The zero-order valence-electron chi connectivity index (χ0n) is 12.6. The first kappa shape index (κ1) is 16.5. The molecule has 2 rings (SSSR count). The van der Waals surface area contributed by atoms with Crippen molar-refractivity contribution >= 4 is 15.7 Å². The summed E-state index contributed by atoms with van der Waals surface area (Å²) in [6, 6.07) is -0.185. The molecule has 2 N–H and O–H groups in total. The van der Waals surface area contributed by atoms with Gasteiger partial charge in [-0.25, -0.2) is 8.42 Å². The minimum absolute atomic E-state index is 0.0542. The van der Waals surface area contributed by atoms with E-state index in [-0.39, 0.29) is 23.5 Å². The number of hydrogen-bond acceptors (Lipinski definition) is 4. The van der Waals surface area contributed by atoms with Crippen molar-refractivity contribution in [2.75, 3.05) is 24.6 Å². The Kier molecular flexibility index (Phi) is 6.23. The maximum atomic E-state index is 11.7. The summed E-state index contributed by atoms with van der Waals surface area (Å²) in [7, 11) is -2.92. The lowest BCUT2D eigenvalue weighted by atomic mass is 9.97. The second kappa shape index (κ2) is 7.94. The van der Waals surface area contributed by atoms with Gasteiger partial charge in [0, 0.05) is 19.0 Å². The number of hydrogen-bond donors (Lipinski definition) is 2. The Bertz CT molecular complexity index is 485. The third-order valence-electron chi connectivity index (χ3n) is 4.13. The van der Waals surface area contributed by atoms with Crippen LogP contribution in [0.4, 0.5) is 0 Å². The molecule has 1 heterocycles. The SMILES string of the molecule is O=C(CCNCCC1=CCCCC1)NC1CCS(=O)(=O)C1. The quantitative estimate of drug-likeness (QED) is 0.546. The number of amides is 1. The zero-order valence-corrected chi connectivity index (χ0v) is 13.4. The largest absolute Gasteiger partial charge is 0.352 e. The molecule has 0 saturated carbocycles. The molecule has 2 aliphatic rings. The molecule has 0 aromatic rings. The molecule has 0 spiro atoms. The molecule has 1 atom stereocenters. The fourth-order valence-corrected chi connectivity index (χ4v) is 4.59. The molecule has 1 saturated heterocycles. The van der Waals surface area contributed by atoms with Crippen molar-refractivity contribution in [2.45, 2.75) is 51.0 Å². The van der Waals surface area contributed by atoms with Crippen LogP contribution in [-0.2, 0) is 14.6 Å². The van der Waals surface area contributed by atoms with Crippen LogP contribution in [0.5, 0.6) is 0 Å². The summed E-state index contributed by atoms with van der Waals surface area (Å²) >= 11 is 0. The number of carbonyl (C=O) groups is 1. The predicted octanol–water partition coefficient (Wildman–Crippen LogP) is 1.16. The Hall–Kier alpha value is -0.880. The topological polar surface area (TPSA) is 75.3 Å². The molecule has 1 aliphatic carbocycles. The highest BCUT2D eigenvalue weighted by Gasteiger charge is 2.28. The Morgan fingerprint density at radius 1 is 1.29 bits per heavy atom. The summed E-state index contributed by atoms with van der Waals surface area (Å²) < 4.78 is 22.6. The summed E-state index contributed by atoms with van der Waals surface area (Å²) in [6.07, 6.45) is 9.43. The summed E-state index contributed by atoms with van der Waals surface area (Å²) in [5, 5.41) is 6.09. The van der Waals surface area contributed by atoms with Gasteiger partial charge in [-0.3, -0.25) is 4.79 Å². The molecule has 6 heteroatoms. The molecule has 1 amide bonds. The van der Waals surface area contributed by atoms with Crippen LogP contribution in [0.25, 0.3) is 0 Å². The molecule has 5 nitrogen and oxygen atoms in total. The van der Waals surface area contributed by atoms with Gasteiger partial charge >= 0.3 is 0 Å². The molecule has 1 fully saturated rings. The van der Waals surface area contributed by atoms with Crippen molar-refractivity contribution in [1.29, 1.82) is 0 Å². The van der Waals surface area contributed by atoms with Crippen LogP contribution in [0.15, 0.2) is 11.6 Å². The van der Waals surface area contributed by atoms with Gasteiger partial charge in [-0.2, -0.15) is 0 Å². The summed E-state index contributed by atoms with van der Waals surface area (Å²) in [5.74, 6) is 0.243. The van der Waals surface area contributed by atoms with E-state index >= 15 is 0 Å². The summed E-state index contributed by atoms with van der Waals surface area (Å²) in [6.45, 7) is 1.56. The van der Waals surface area contributed by atoms with E-state index < -0.39 is 9.84 Å². The molecule has 0 aromatic heterocycles. The number of nitrogens with one attached hydrogen (secondary N) is 2. The second-order valence-corrected chi connectivity index (χ2v) is 8.25. The van der Waals surface area contributed by atoms with Crippen LogP contribution < -0.4 is 10.6 Å². The van der Waals surface area contributed by atoms with Gasteiger partial charge in [0.05, 0.1) is 11.5 Å². The number of carbonyl (C=O) groups excluding carboxylic acids is 1. The average Bonchev–Trinajstić information content (AvgIpc) is 2.78. The smallest absolute Gasteiger partial charge is 0.221 e. The van der Waals surface area contributed by atoms with E-state index in [2.05, 4.69) is 16.7 Å². The van der Waals surface area contributed by atoms with Gasteiger partial charge in [0.2, 0.25) is 5.91 Å². The Morgan fingerprint density at radius 3 is 2.81 bits per heavy atom. The first-order chi connectivity index (χ1) is 10.1. The van der Waals surface area contributed by atoms with E-state index in [1.54, 1.807) is 0 Å². The van der Waals surface area contributed by atoms with E-state index in [1.165, 1.54) is 31.3 Å². The van der Waals surface area contributed by atoms with Crippen molar-refractivity contribution in [3.63, 3.8) is 0 Å². The fourth-order valence-electron chi connectivity index (χ4n) is 2.92. The lowest BCUT2D eigenvalue weighted by Gasteiger charge is -2.13. The van der Waals surface area contributed by atoms with Gasteiger partial charge in [0.15, 0.2) is 9.84 Å². The standard InChI is InChI=1S/C15H26N2O3S/c18-15(17-14-8-11-21(19,20)12-14)7-10-16-9-6-13-4-2-1-3-5-13/h4,14,16H,1-3,5-12H2,(H,17,18). The van der Waals surface area contributed by atoms with E-state index in [0.717, 1.165) is 13.0 Å². The van der Waals surface area contributed by atoms with Gasteiger partial charge in [-0.1, -0.05) is 11.6 Å². The summed E-state index contributed by atoms with van der Waals surface area (Å²) in [4.78, 5) is 11.7. The van der Waals surface area contributed by atoms with Crippen LogP contribution >= 0.6 is 0 Å². The van der Waals surface area contributed by atoms with Crippen molar-refractivity contribution in [2.24, 2.45) is 0 Å². The lowest BCUT2D eigenvalue weighted by molar-refractivity contribution is -0.121. The molecular weight excluding hydrogens is 288 g/mol. The van der Waals surface area contributed by atoms with Gasteiger partial charge in [0.1, 0.15) is 0 Å². The molecule has 21 heavy (non-hydrogen) atoms. The fraction of sp³-hybridized carbons (Fsp3) is 0.800. The lowest BCUT2D eigenvalue weighted by Crippen LogP contribution is -2.37. The molecule has 0 bridgehead atoms. The Labute approximate surface area is 127 Å². The van der Waals surface area contributed by atoms with Gasteiger partial charge < -0.3 is 10.6 Å². The minimum atomic E-state index is -2.92. The molecule has 1 unspecified atom stereocenters. The molecule has 120 valence electrons. The van der Waals surface area contributed by atoms with Crippen molar-refractivity contribution < 1.29 is 13.2 Å². The highest BCUT2D eigenvalue weighted by Crippen LogP contribution is 2.19. The number of allylic oxidation sites excluding steroid dienone is 1. The van der Waals surface area contributed by atoms with E-state index in [0.29, 0.717) is 19.4 Å². The first-order valence-corrected chi connectivity index (χ1v) is 9.76. The minimum Gasteiger partial charge on any atom is -0.352 e. The van der Waals surface area contributed by atoms with Gasteiger partial charge in [0.25, 0.3) is 0 Å². The highest BCUT2D eigenvalue weighted by atomic mass is 32.2. The Balaban J connectivity index is 1.52. The van der Waals surface area contributed by atoms with Crippen LogP contribution in [0.3, 0.4) is 0 Å². The average molecular weight is 314 g/mol. The van der Waals surface area contributed by atoms with Crippen molar-refractivity contribution in [1.82, 2.24) is 10.6 Å². The number of sulfone groups is 1.